The molecule has 2 rings (SSSR count). The van der Waals surface area contributed by atoms with E-state index in [-0.39, 0.29) is 0 Å². The van der Waals surface area contributed by atoms with Crippen molar-refractivity contribution in [2.24, 2.45) is 0 Å². The summed E-state index contributed by atoms with van der Waals surface area (Å²) in [5.74, 6) is 0. The molecule has 0 aliphatic rings. The van der Waals surface area contributed by atoms with Gasteiger partial charge in [-0.3, -0.25) is 0 Å². The molecule has 21 heavy (non-hydrogen) atoms. The molecule has 2 N–H and O–H groups in total. The predicted molar refractivity (Wildman–Crippen MR) is 89.6 cm³/mol. The van der Waals surface area contributed by atoms with Crippen LogP contribution in [0.3, 0.4) is 0 Å². The summed E-state index contributed by atoms with van der Waals surface area (Å²) >= 11 is 0. The highest BCUT2D eigenvalue weighted by Crippen LogP contribution is 2.21. The summed E-state index contributed by atoms with van der Waals surface area (Å²) in [5, 5.41) is 13.9. The summed E-state index contributed by atoms with van der Waals surface area (Å²) in [7, 11) is 0. The molecular weight excluding hydrogens is 258 g/mol. The highest BCUT2D eigenvalue weighted by atomic mass is 16.3. The fourth-order valence-corrected chi connectivity index (χ4v) is 2.34. The van der Waals surface area contributed by atoms with Gasteiger partial charge < -0.3 is 10.4 Å². The minimum Gasteiger partial charge on any atom is -0.384 e. The lowest BCUT2D eigenvalue weighted by molar-refractivity contribution is 0.0715. The molecule has 0 aliphatic carbocycles. The van der Waals surface area contributed by atoms with Crippen molar-refractivity contribution in [1.29, 1.82) is 0 Å². The highest BCUT2D eigenvalue weighted by Gasteiger charge is 2.22. The first-order chi connectivity index (χ1) is 10.1. The second-order valence-corrected chi connectivity index (χ2v) is 5.79. The topological polar surface area (TPSA) is 32.3 Å². The second-order valence-electron chi connectivity index (χ2n) is 5.79. The molecule has 0 radical (unpaired) electrons. The van der Waals surface area contributed by atoms with Crippen LogP contribution < -0.4 is 5.32 Å². The van der Waals surface area contributed by atoms with E-state index in [1.165, 1.54) is 18.4 Å². The lowest BCUT2D eigenvalue weighted by Crippen LogP contribution is -2.30. The number of aliphatic hydroxyl groups is 1. The van der Waals surface area contributed by atoms with Crippen molar-refractivity contribution in [2.75, 3.05) is 11.9 Å². The van der Waals surface area contributed by atoms with Crippen molar-refractivity contribution >= 4 is 5.69 Å². The molecule has 0 amide bonds. The van der Waals surface area contributed by atoms with Gasteiger partial charge in [-0.15, -0.1) is 0 Å². The predicted octanol–water partition coefficient (Wildman–Crippen LogP) is 4.35. The van der Waals surface area contributed by atoms with Gasteiger partial charge in [-0.1, -0.05) is 55.8 Å². The molecule has 2 aromatic rings. The Hall–Kier alpha value is -1.80. The molecule has 0 heterocycles. The number of unbranched alkanes of at least 4 members (excludes halogenated alkanes) is 1. The van der Waals surface area contributed by atoms with Crippen LogP contribution in [-0.2, 0) is 12.0 Å². The fourth-order valence-electron chi connectivity index (χ4n) is 2.34. The Kier molecular flexibility index (Phi) is 5.40. The summed E-state index contributed by atoms with van der Waals surface area (Å²) in [6.45, 7) is 4.54. The lowest BCUT2D eigenvalue weighted by atomic mass is 9.96. The number of anilines is 1. The molecule has 0 fully saturated rings. The summed E-state index contributed by atoms with van der Waals surface area (Å²) < 4.78 is 0. The molecule has 0 aliphatic heterocycles. The van der Waals surface area contributed by atoms with Crippen molar-refractivity contribution in [3.05, 3.63) is 65.7 Å². The second kappa shape index (κ2) is 7.28. The number of nitrogens with one attached hydrogen (secondary N) is 1. The maximum atomic E-state index is 10.6. The van der Waals surface area contributed by atoms with Gasteiger partial charge in [0.2, 0.25) is 0 Å². The Morgan fingerprint density at radius 1 is 1.00 bits per heavy atom. The van der Waals surface area contributed by atoms with Gasteiger partial charge in [0.1, 0.15) is 5.60 Å². The Bertz CT molecular complexity index is 531. The van der Waals surface area contributed by atoms with E-state index in [4.69, 9.17) is 0 Å². The van der Waals surface area contributed by atoms with Gasteiger partial charge in [-0.25, -0.2) is 0 Å². The molecule has 2 aromatic carbocycles. The Labute approximate surface area is 127 Å². The average molecular weight is 283 g/mol. The molecule has 2 nitrogen and oxygen atoms in total. The zero-order chi connectivity index (χ0) is 15.1. The monoisotopic (exact) mass is 283 g/mol. The zero-order valence-corrected chi connectivity index (χ0v) is 13.0. The summed E-state index contributed by atoms with van der Waals surface area (Å²) in [5.41, 5.74) is 2.48. The number of hydrogen-bond donors (Lipinski definition) is 2. The molecular formula is C19H25NO. The van der Waals surface area contributed by atoms with E-state index in [0.29, 0.717) is 6.54 Å². The van der Waals surface area contributed by atoms with Crippen LogP contribution in [0, 0.1) is 0 Å². The summed E-state index contributed by atoms with van der Waals surface area (Å²) in [4.78, 5) is 0. The molecule has 0 bridgehead atoms. The number of aryl methyl sites for hydroxylation is 1. The third-order valence-corrected chi connectivity index (χ3v) is 3.81. The van der Waals surface area contributed by atoms with Crippen LogP contribution in [0.25, 0.3) is 0 Å². The highest BCUT2D eigenvalue weighted by molar-refractivity contribution is 5.45. The van der Waals surface area contributed by atoms with Crippen LogP contribution in [0.5, 0.6) is 0 Å². The quantitative estimate of drug-likeness (QED) is 0.792. The maximum Gasteiger partial charge on any atom is 0.104 e. The van der Waals surface area contributed by atoms with Gasteiger partial charge in [0.05, 0.1) is 0 Å². The summed E-state index contributed by atoms with van der Waals surface area (Å²) in [6, 6.07) is 18.3. The molecule has 2 heteroatoms. The van der Waals surface area contributed by atoms with Crippen LogP contribution in [0.1, 0.15) is 37.8 Å². The van der Waals surface area contributed by atoms with Crippen LogP contribution in [0.2, 0.25) is 0 Å². The SMILES string of the molecule is CCCCc1ccc(NCC(C)(O)c2ccccc2)cc1. The van der Waals surface area contributed by atoms with E-state index < -0.39 is 5.60 Å². The van der Waals surface area contributed by atoms with Crippen LogP contribution in [0.15, 0.2) is 54.6 Å². The van der Waals surface area contributed by atoms with E-state index in [9.17, 15) is 5.11 Å². The van der Waals surface area contributed by atoms with Gasteiger partial charge in [-0.2, -0.15) is 0 Å². The maximum absolute atomic E-state index is 10.6. The van der Waals surface area contributed by atoms with Gasteiger partial charge >= 0.3 is 0 Å². The smallest absolute Gasteiger partial charge is 0.104 e. The van der Waals surface area contributed by atoms with E-state index in [2.05, 4.69) is 36.5 Å². The fraction of sp³-hybridized carbons (Fsp3) is 0.368. The lowest BCUT2D eigenvalue weighted by Gasteiger charge is -2.25. The number of rotatable bonds is 7. The van der Waals surface area contributed by atoms with E-state index >= 15 is 0 Å². The van der Waals surface area contributed by atoms with Gasteiger partial charge in [0.25, 0.3) is 0 Å². The van der Waals surface area contributed by atoms with Crippen molar-refractivity contribution < 1.29 is 5.11 Å². The third kappa shape index (κ3) is 4.61. The molecule has 0 aromatic heterocycles. The molecule has 0 spiro atoms. The first-order valence-electron chi connectivity index (χ1n) is 7.72. The molecule has 0 saturated heterocycles. The Balaban J connectivity index is 1.93. The minimum atomic E-state index is -0.873. The van der Waals surface area contributed by atoms with Crippen LogP contribution >= 0.6 is 0 Å². The van der Waals surface area contributed by atoms with Crippen LogP contribution in [0.4, 0.5) is 5.69 Å². The Morgan fingerprint density at radius 2 is 1.67 bits per heavy atom. The first-order valence-corrected chi connectivity index (χ1v) is 7.72. The largest absolute Gasteiger partial charge is 0.384 e. The third-order valence-electron chi connectivity index (χ3n) is 3.81. The van der Waals surface area contributed by atoms with E-state index in [1.807, 2.05) is 37.3 Å². The average Bonchev–Trinajstić information content (AvgIpc) is 2.53. The normalized spacial score (nSPS) is 13.7. The number of benzene rings is 2. The van der Waals surface area contributed by atoms with E-state index in [1.54, 1.807) is 0 Å². The van der Waals surface area contributed by atoms with Gasteiger partial charge in [0.15, 0.2) is 0 Å². The van der Waals surface area contributed by atoms with Crippen LogP contribution in [-0.4, -0.2) is 11.7 Å². The van der Waals surface area contributed by atoms with Gasteiger partial charge in [-0.05, 0) is 43.0 Å². The van der Waals surface area contributed by atoms with Crippen molar-refractivity contribution in [3.63, 3.8) is 0 Å². The molecule has 1 unspecified atom stereocenters. The molecule has 112 valence electrons. The standard InChI is InChI=1S/C19H25NO/c1-3-4-8-16-11-13-18(14-12-16)20-15-19(2,21)17-9-6-5-7-10-17/h5-7,9-14,20-21H,3-4,8,15H2,1-2H3. The van der Waals surface area contributed by atoms with E-state index in [0.717, 1.165) is 17.7 Å². The van der Waals surface area contributed by atoms with Crippen molar-refractivity contribution in [1.82, 2.24) is 0 Å². The molecule has 0 saturated carbocycles. The zero-order valence-electron chi connectivity index (χ0n) is 13.0. The summed E-state index contributed by atoms with van der Waals surface area (Å²) in [6.07, 6.45) is 3.59. The molecule has 1 atom stereocenters. The van der Waals surface area contributed by atoms with Gasteiger partial charge in [0, 0.05) is 12.2 Å². The van der Waals surface area contributed by atoms with Crippen molar-refractivity contribution in [2.45, 2.75) is 38.7 Å². The number of hydrogen-bond acceptors (Lipinski definition) is 2. The Morgan fingerprint density at radius 3 is 2.29 bits per heavy atom. The van der Waals surface area contributed by atoms with Crippen molar-refractivity contribution in [3.8, 4) is 0 Å². The minimum absolute atomic E-state index is 0.491. The first kappa shape index (κ1) is 15.6.